The molecule has 11 aromatic carbocycles. The molecule has 0 saturated heterocycles. The van der Waals surface area contributed by atoms with Crippen molar-refractivity contribution in [3.8, 4) is 90.3 Å². The van der Waals surface area contributed by atoms with E-state index >= 15 is 0 Å². The second-order valence-electron chi connectivity index (χ2n) is 19.8. The molecular formula is C72H46N6. The molecular weight excluding hydrogens is 949 g/mol. The molecule has 0 saturated carbocycles. The third-order valence-corrected chi connectivity index (χ3v) is 15.1. The molecule has 364 valence electrons. The fourth-order valence-electron chi connectivity index (χ4n) is 11.4. The summed E-state index contributed by atoms with van der Waals surface area (Å²) in [6.45, 7) is 0. The average Bonchev–Trinajstić information content (AvgIpc) is 4.07. The number of fused-ring (bicyclic) bond motifs is 7. The van der Waals surface area contributed by atoms with Crippen LogP contribution in [-0.4, -0.2) is 29.1 Å². The second-order valence-corrected chi connectivity index (χ2v) is 19.8. The molecule has 4 aromatic heterocycles. The summed E-state index contributed by atoms with van der Waals surface area (Å²) in [7, 11) is 0. The molecule has 0 aliphatic carbocycles. The fraction of sp³-hybridized carbons (Fsp3) is 0. The highest BCUT2D eigenvalue weighted by Gasteiger charge is 2.19. The molecule has 0 aliphatic rings. The van der Waals surface area contributed by atoms with E-state index in [0.29, 0.717) is 11.6 Å². The molecule has 0 unspecified atom stereocenters. The zero-order valence-electron chi connectivity index (χ0n) is 42.2. The maximum atomic E-state index is 5.36. The van der Waals surface area contributed by atoms with Crippen LogP contribution in [0.4, 0.5) is 0 Å². The van der Waals surface area contributed by atoms with Gasteiger partial charge in [0.1, 0.15) is 0 Å². The van der Waals surface area contributed by atoms with Gasteiger partial charge < -0.3 is 9.13 Å². The summed E-state index contributed by atoms with van der Waals surface area (Å²) in [6.07, 6.45) is 0. The van der Waals surface area contributed by atoms with Crippen molar-refractivity contribution in [1.29, 1.82) is 0 Å². The van der Waals surface area contributed by atoms with Crippen molar-refractivity contribution in [2.45, 2.75) is 0 Å². The molecule has 15 aromatic rings. The molecule has 0 amide bonds. The summed E-state index contributed by atoms with van der Waals surface area (Å²) in [4.78, 5) is 21.2. The minimum atomic E-state index is 0.651. The van der Waals surface area contributed by atoms with Gasteiger partial charge in [0, 0.05) is 66.3 Å². The second kappa shape index (κ2) is 18.7. The molecule has 6 heteroatoms. The molecule has 6 nitrogen and oxygen atoms in total. The highest BCUT2D eigenvalue weighted by atomic mass is 15.0. The SMILES string of the molecule is c1ccc(-c2cc(-c3ccc(-n4c5ccccc5c5ccccc54)cc3)nc(-c3cccc(-c4cc(-c5cc(-c6ccc(-n7c8ccccc8c8ccccc87)cc6)nc(-c6ccccc6)n5)c5ccccc5c4)c3)n2)cc1. The largest absolute Gasteiger partial charge is 0.309 e. The van der Waals surface area contributed by atoms with Gasteiger partial charge in [-0.15, -0.1) is 0 Å². The van der Waals surface area contributed by atoms with Crippen LogP contribution in [0.15, 0.2) is 279 Å². The van der Waals surface area contributed by atoms with Gasteiger partial charge in [0.15, 0.2) is 11.6 Å². The minimum absolute atomic E-state index is 0.651. The van der Waals surface area contributed by atoms with Crippen LogP contribution in [-0.2, 0) is 0 Å². The Kier molecular flexibility index (Phi) is 10.7. The summed E-state index contributed by atoms with van der Waals surface area (Å²) < 4.78 is 4.69. The van der Waals surface area contributed by atoms with Gasteiger partial charge in [-0.1, -0.05) is 200 Å². The van der Waals surface area contributed by atoms with Crippen molar-refractivity contribution in [3.05, 3.63) is 279 Å². The van der Waals surface area contributed by atoms with E-state index in [1.165, 1.54) is 43.6 Å². The molecule has 0 spiro atoms. The lowest BCUT2D eigenvalue weighted by atomic mass is 9.93. The van der Waals surface area contributed by atoms with Gasteiger partial charge in [0.25, 0.3) is 0 Å². The molecule has 0 atom stereocenters. The van der Waals surface area contributed by atoms with Crippen LogP contribution >= 0.6 is 0 Å². The van der Waals surface area contributed by atoms with E-state index in [2.05, 4.69) is 264 Å². The smallest absolute Gasteiger partial charge is 0.160 e. The Bertz CT molecular complexity index is 4660. The van der Waals surface area contributed by atoms with Crippen LogP contribution in [0.25, 0.3) is 145 Å². The van der Waals surface area contributed by atoms with Crippen molar-refractivity contribution in [3.63, 3.8) is 0 Å². The zero-order valence-corrected chi connectivity index (χ0v) is 42.2. The molecule has 0 bridgehead atoms. The van der Waals surface area contributed by atoms with E-state index < -0.39 is 0 Å². The van der Waals surface area contributed by atoms with Gasteiger partial charge in [-0.05, 0) is 101 Å². The first-order valence-corrected chi connectivity index (χ1v) is 26.4. The van der Waals surface area contributed by atoms with Gasteiger partial charge >= 0.3 is 0 Å². The van der Waals surface area contributed by atoms with Crippen molar-refractivity contribution in [1.82, 2.24) is 29.1 Å². The Hall–Kier alpha value is -10.6. The van der Waals surface area contributed by atoms with Crippen molar-refractivity contribution in [2.75, 3.05) is 0 Å². The van der Waals surface area contributed by atoms with E-state index in [-0.39, 0.29) is 0 Å². The predicted octanol–water partition coefficient (Wildman–Crippen LogP) is 18.3. The molecule has 0 radical (unpaired) electrons. The van der Waals surface area contributed by atoms with Gasteiger partial charge in [-0.25, -0.2) is 19.9 Å². The van der Waals surface area contributed by atoms with E-state index in [0.717, 1.165) is 89.4 Å². The number of hydrogen-bond donors (Lipinski definition) is 0. The number of para-hydroxylation sites is 4. The summed E-state index contributed by atoms with van der Waals surface area (Å²) in [5.74, 6) is 1.32. The van der Waals surface area contributed by atoms with E-state index in [1.54, 1.807) is 0 Å². The van der Waals surface area contributed by atoms with E-state index in [1.807, 2.05) is 24.3 Å². The van der Waals surface area contributed by atoms with E-state index in [9.17, 15) is 0 Å². The summed E-state index contributed by atoms with van der Waals surface area (Å²) in [5.41, 5.74) is 18.3. The molecule has 0 aliphatic heterocycles. The van der Waals surface area contributed by atoms with Gasteiger partial charge in [-0.2, -0.15) is 0 Å². The highest BCUT2D eigenvalue weighted by Crippen LogP contribution is 2.39. The Morgan fingerprint density at radius 1 is 0.218 bits per heavy atom. The number of hydrogen-bond acceptors (Lipinski definition) is 4. The monoisotopic (exact) mass is 994 g/mol. The Morgan fingerprint density at radius 2 is 0.590 bits per heavy atom. The van der Waals surface area contributed by atoms with Crippen LogP contribution in [0.5, 0.6) is 0 Å². The Morgan fingerprint density at radius 3 is 1.10 bits per heavy atom. The molecule has 78 heavy (non-hydrogen) atoms. The first kappa shape index (κ1) is 44.9. The Labute approximate surface area is 450 Å². The van der Waals surface area contributed by atoms with Crippen LogP contribution < -0.4 is 0 Å². The topological polar surface area (TPSA) is 61.4 Å². The lowest BCUT2D eigenvalue weighted by molar-refractivity contribution is 1.17. The van der Waals surface area contributed by atoms with Crippen LogP contribution in [0.3, 0.4) is 0 Å². The molecule has 4 heterocycles. The predicted molar refractivity (Wildman–Crippen MR) is 322 cm³/mol. The normalized spacial score (nSPS) is 11.6. The van der Waals surface area contributed by atoms with Crippen molar-refractivity contribution in [2.24, 2.45) is 0 Å². The lowest BCUT2D eigenvalue weighted by Gasteiger charge is -2.15. The van der Waals surface area contributed by atoms with Gasteiger partial charge in [-0.3, -0.25) is 0 Å². The number of rotatable bonds is 9. The molecule has 0 N–H and O–H groups in total. The van der Waals surface area contributed by atoms with Crippen molar-refractivity contribution < 1.29 is 0 Å². The maximum Gasteiger partial charge on any atom is 0.160 e. The van der Waals surface area contributed by atoms with Crippen LogP contribution in [0.2, 0.25) is 0 Å². The van der Waals surface area contributed by atoms with Crippen molar-refractivity contribution >= 4 is 54.4 Å². The first-order valence-electron chi connectivity index (χ1n) is 26.4. The first-order chi connectivity index (χ1) is 38.6. The number of nitrogens with zero attached hydrogens (tertiary/aromatic N) is 6. The third-order valence-electron chi connectivity index (χ3n) is 15.1. The standard InChI is InChI=1S/C72H46N6/c1-3-18-47(19-4-1)63-45-64(48-34-38-55(39-35-48)77-67-30-13-9-26-58(67)59-27-10-14-31-68(59)77)75-72(74-63)53-24-17-23-51(42-53)54-43-52-22-7-8-25-57(52)62(44-54)66-46-65(73-71(76-66)50-20-5-2-6-21-50)49-36-40-56(41-37-49)78-69-32-15-11-28-60(69)61-29-12-16-33-70(61)78/h1-46H. The zero-order chi connectivity index (χ0) is 51.5. The van der Waals surface area contributed by atoms with Gasteiger partial charge in [0.2, 0.25) is 0 Å². The summed E-state index contributed by atoms with van der Waals surface area (Å²) >= 11 is 0. The van der Waals surface area contributed by atoms with Crippen LogP contribution in [0.1, 0.15) is 0 Å². The van der Waals surface area contributed by atoms with E-state index in [4.69, 9.17) is 19.9 Å². The third kappa shape index (κ3) is 7.82. The lowest BCUT2D eigenvalue weighted by Crippen LogP contribution is -1.98. The average molecular weight is 995 g/mol. The Balaban J connectivity index is 0.828. The summed E-state index contributed by atoms with van der Waals surface area (Å²) in [6, 6.07) is 98.6. The quantitative estimate of drug-likeness (QED) is 0.145. The minimum Gasteiger partial charge on any atom is -0.309 e. The summed E-state index contributed by atoms with van der Waals surface area (Å²) in [5, 5.41) is 7.17. The fourth-order valence-corrected chi connectivity index (χ4v) is 11.4. The number of aromatic nitrogens is 6. The molecule has 15 rings (SSSR count). The van der Waals surface area contributed by atoms with Crippen LogP contribution in [0, 0.1) is 0 Å². The maximum absolute atomic E-state index is 5.36. The van der Waals surface area contributed by atoms with Gasteiger partial charge in [0.05, 0.1) is 44.8 Å². The highest BCUT2D eigenvalue weighted by molar-refractivity contribution is 6.10. The molecule has 0 fully saturated rings. The number of benzene rings is 11.